The molecule has 0 unspecified atom stereocenters. The second-order valence-electron chi connectivity index (χ2n) is 7.03. The monoisotopic (exact) mass is 347 g/mol. The van der Waals surface area contributed by atoms with Gasteiger partial charge >= 0.3 is 0 Å². The molecule has 3 nitrogen and oxygen atoms in total. The minimum Gasteiger partial charge on any atom is -0.491 e. The Morgan fingerprint density at radius 1 is 1.00 bits per heavy atom. The maximum Gasteiger partial charge on any atom is 0.120 e. The summed E-state index contributed by atoms with van der Waals surface area (Å²) in [4.78, 5) is 0. The number of ether oxygens (including phenoxy) is 1. The summed E-state index contributed by atoms with van der Waals surface area (Å²) in [7, 11) is 0. The highest BCUT2D eigenvalue weighted by molar-refractivity contribution is 5.83. The van der Waals surface area contributed by atoms with Crippen molar-refractivity contribution in [1.29, 1.82) is 0 Å². The first-order valence-corrected chi connectivity index (χ1v) is 9.40. The van der Waals surface area contributed by atoms with Crippen LogP contribution in [0.5, 0.6) is 5.75 Å². The predicted octanol–water partition coefficient (Wildman–Crippen LogP) is 4.25. The lowest BCUT2D eigenvalue weighted by Gasteiger charge is -2.27. The van der Waals surface area contributed by atoms with Crippen molar-refractivity contribution in [3.63, 3.8) is 0 Å². The van der Waals surface area contributed by atoms with Crippen molar-refractivity contribution in [2.24, 2.45) is 0 Å². The van der Waals surface area contributed by atoms with Gasteiger partial charge in [-0.05, 0) is 53.3 Å². The summed E-state index contributed by atoms with van der Waals surface area (Å²) in [5.41, 5.74) is 2.81. The lowest BCUT2D eigenvalue weighted by atomic mass is 9.88. The van der Waals surface area contributed by atoms with Crippen LogP contribution in [0.25, 0.3) is 10.8 Å². The van der Waals surface area contributed by atoms with Crippen LogP contribution in [0.2, 0.25) is 0 Å². The summed E-state index contributed by atoms with van der Waals surface area (Å²) in [6, 6.07) is 23.2. The molecule has 0 saturated carbocycles. The minimum atomic E-state index is -0.532. The van der Waals surface area contributed by atoms with Gasteiger partial charge in [0.25, 0.3) is 0 Å². The SMILES string of the molecule is O[C@H](CN[C@H]1CCCc2ccccc21)COc1ccc2ccccc2c1. The number of hydrogen-bond acceptors (Lipinski definition) is 3. The molecule has 26 heavy (non-hydrogen) atoms. The quantitative estimate of drug-likeness (QED) is 0.700. The van der Waals surface area contributed by atoms with Gasteiger partial charge in [-0.15, -0.1) is 0 Å². The molecule has 2 atom stereocenters. The summed E-state index contributed by atoms with van der Waals surface area (Å²) in [6.07, 6.45) is 2.94. The van der Waals surface area contributed by atoms with Gasteiger partial charge in [0, 0.05) is 12.6 Å². The lowest BCUT2D eigenvalue weighted by Crippen LogP contribution is -2.35. The molecule has 2 N–H and O–H groups in total. The number of aliphatic hydroxyl groups is 1. The second-order valence-corrected chi connectivity index (χ2v) is 7.03. The van der Waals surface area contributed by atoms with Crippen LogP contribution in [0.4, 0.5) is 0 Å². The Hall–Kier alpha value is -2.36. The van der Waals surface area contributed by atoms with Gasteiger partial charge in [-0.2, -0.15) is 0 Å². The number of benzene rings is 3. The molecule has 134 valence electrons. The fourth-order valence-electron chi connectivity index (χ4n) is 3.75. The molecule has 3 aromatic rings. The third kappa shape index (κ3) is 3.90. The molecule has 0 fully saturated rings. The largest absolute Gasteiger partial charge is 0.491 e. The van der Waals surface area contributed by atoms with Crippen molar-refractivity contribution in [2.45, 2.75) is 31.4 Å². The molecule has 1 aliphatic carbocycles. The molecule has 3 heteroatoms. The molecule has 0 aliphatic heterocycles. The highest BCUT2D eigenvalue weighted by atomic mass is 16.5. The molecule has 0 spiro atoms. The van der Waals surface area contributed by atoms with Crippen molar-refractivity contribution in [2.75, 3.05) is 13.2 Å². The van der Waals surface area contributed by atoms with Crippen LogP contribution < -0.4 is 10.1 Å². The van der Waals surface area contributed by atoms with E-state index in [0.717, 1.165) is 24.0 Å². The Labute approximate surface area is 154 Å². The van der Waals surface area contributed by atoms with Crippen LogP contribution in [-0.2, 0) is 6.42 Å². The summed E-state index contributed by atoms with van der Waals surface area (Å²) in [6.45, 7) is 0.826. The third-order valence-corrected chi connectivity index (χ3v) is 5.13. The van der Waals surface area contributed by atoms with E-state index in [9.17, 15) is 5.11 Å². The molecule has 3 aromatic carbocycles. The Bertz CT molecular complexity index is 877. The number of nitrogens with one attached hydrogen (secondary N) is 1. The summed E-state index contributed by atoms with van der Waals surface area (Å²) in [5.74, 6) is 0.797. The Kier molecular flexibility index (Phi) is 5.19. The first kappa shape index (κ1) is 17.1. The zero-order valence-corrected chi connectivity index (χ0v) is 14.9. The minimum absolute atomic E-state index is 0.291. The highest BCUT2D eigenvalue weighted by Crippen LogP contribution is 2.29. The van der Waals surface area contributed by atoms with Crippen LogP contribution in [0.15, 0.2) is 66.7 Å². The van der Waals surface area contributed by atoms with E-state index in [1.54, 1.807) is 0 Å². The fraction of sp³-hybridized carbons (Fsp3) is 0.304. The maximum absolute atomic E-state index is 10.3. The zero-order valence-electron chi connectivity index (χ0n) is 14.9. The van der Waals surface area contributed by atoms with Crippen LogP contribution in [0.3, 0.4) is 0 Å². The smallest absolute Gasteiger partial charge is 0.120 e. The lowest BCUT2D eigenvalue weighted by molar-refractivity contribution is 0.103. The maximum atomic E-state index is 10.3. The van der Waals surface area contributed by atoms with Gasteiger partial charge in [0.05, 0.1) is 0 Å². The summed E-state index contributed by atoms with van der Waals surface area (Å²) >= 11 is 0. The number of hydrogen-bond donors (Lipinski definition) is 2. The molecular formula is C23H25NO2. The van der Waals surface area contributed by atoms with Crippen LogP contribution in [0.1, 0.15) is 30.0 Å². The number of aliphatic hydroxyl groups excluding tert-OH is 1. The van der Waals surface area contributed by atoms with Gasteiger partial charge in [-0.3, -0.25) is 0 Å². The number of rotatable bonds is 6. The van der Waals surface area contributed by atoms with Gasteiger partial charge in [-0.1, -0.05) is 54.6 Å². The van der Waals surface area contributed by atoms with Crippen molar-refractivity contribution in [3.05, 3.63) is 77.9 Å². The van der Waals surface area contributed by atoms with E-state index in [-0.39, 0.29) is 0 Å². The van der Waals surface area contributed by atoms with Gasteiger partial charge < -0.3 is 15.2 Å². The van der Waals surface area contributed by atoms with Gasteiger partial charge in [0.15, 0.2) is 0 Å². The van der Waals surface area contributed by atoms with Crippen molar-refractivity contribution < 1.29 is 9.84 Å². The molecule has 0 aromatic heterocycles. The first-order valence-electron chi connectivity index (χ1n) is 9.40. The van der Waals surface area contributed by atoms with E-state index in [0.29, 0.717) is 19.2 Å². The molecule has 0 bridgehead atoms. The molecule has 1 aliphatic rings. The molecule has 0 saturated heterocycles. The van der Waals surface area contributed by atoms with Gasteiger partial charge in [0.1, 0.15) is 18.5 Å². The van der Waals surface area contributed by atoms with Crippen molar-refractivity contribution >= 4 is 10.8 Å². The van der Waals surface area contributed by atoms with Crippen molar-refractivity contribution in [3.8, 4) is 5.75 Å². The Balaban J connectivity index is 1.31. The summed E-state index contributed by atoms with van der Waals surface area (Å²) < 4.78 is 5.80. The number of aryl methyl sites for hydroxylation is 1. The molecule has 4 rings (SSSR count). The van der Waals surface area contributed by atoms with Gasteiger partial charge in [0.2, 0.25) is 0 Å². The van der Waals surface area contributed by atoms with Crippen LogP contribution >= 0.6 is 0 Å². The number of fused-ring (bicyclic) bond motifs is 2. The molecule has 0 radical (unpaired) electrons. The highest BCUT2D eigenvalue weighted by Gasteiger charge is 2.20. The van der Waals surface area contributed by atoms with E-state index in [1.807, 2.05) is 30.3 Å². The average molecular weight is 347 g/mol. The first-order chi connectivity index (χ1) is 12.8. The predicted molar refractivity (Wildman–Crippen MR) is 106 cm³/mol. The van der Waals surface area contributed by atoms with Gasteiger partial charge in [-0.25, -0.2) is 0 Å². The molecule has 0 amide bonds. The third-order valence-electron chi connectivity index (χ3n) is 5.13. The zero-order chi connectivity index (χ0) is 17.8. The fourth-order valence-corrected chi connectivity index (χ4v) is 3.75. The van der Waals surface area contributed by atoms with E-state index < -0.39 is 6.10 Å². The van der Waals surface area contributed by atoms with Crippen LogP contribution in [0, 0.1) is 0 Å². The Morgan fingerprint density at radius 3 is 2.73 bits per heavy atom. The van der Waals surface area contributed by atoms with Crippen molar-refractivity contribution in [1.82, 2.24) is 5.32 Å². The van der Waals surface area contributed by atoms with E-state index in [4.69, 9.17) is 4.74 Å². The van der Waals surface area contributed by atoms with E-state index in [2.05, 4.69) is 41.7 Å². The average Bonchev–Trinajstić information content (AvgIpc) is 2.70. The topological polar surface area (TPSA) is 41.5 Å². The van der Waals surface area contributed by atoms with E-state index in [1.165, 1.54) is 22.9 Å². The molecule has 0 heterocycles. The second kappa shape index (κ2) is 7.90. The van der Waals surface area contributed by atoms with E-state index >= 15 is 0 Å². The normalized spacial score (nSPS) is 17.7. The Morgan fingerprint density at radius 2 is 1.81 bits per heavy atom. The molecular weight excluding hydrogens is 322 g/mol. The summed E-state index contributed by atoms with van der Waals surface area (Å²) in [5, 5.41) is 16.2. The standard InChI is InChI=1S/C23H25NO2/c25-20(15-24-23-11-5-9-18-7-3-4-10-22(18)23)16-26-21-13-12-17-6-1-2-8-19(17)14-21/h1-4,6-8,10,12-14,20,23-25H,5,9,11,15-16H2/t20-,23+/m1/s1. The van der Waals surface area contributed by atoms with Crippen LogP contribution in [-0.4, -0.2) is 24.4 Å².